The number of carbonyl (C=O) groups excluding carboxylic acids is 1. The van der Waals surface area contributed by atoms with Crippen LogP contribution in [0.3, 0.4) is 0 Å². The number of anilines is 1. The predicted molar refractivity (Wildman–Crippen MR) is 107 cm³/mol. The minimum atomic E-state index is -1.57. The summed E-state index contributed by atoms with van der Waals surface area (Å²) in [6.07, 6.45) is 2.54. The van der Waals surface area contributed by atoms with E-state index >= 15 is 4.39 Å². The molecule has 2 atom stereocenters. The molecule has 2 unspecified atom stereocenters. The van der Waals surface area contributed by atoms with Crippen molar-refractivity contribution in [1.82, 2.24) is 9.47 Å². The first-order valence-corrected chi connectivity index (χ1v) is 10.1. The number of carboxylic acid groups (broad SMARTS) is 1. The van der Waals surface area contributed by atoms with Crippen LogP contribution < -0.4 is 15.1 Å². The molecule has 2 bridgehead atoms. The third-order valence-electron chi connectivity index (χ3n) is 6.29. The molecular weight excluding hydrogens is 393 g/mol. The minimum absolute atomic E-state index is 0.115. The number of ether oxygens (including phenoxy) is 1. The highest BCUT2D eigenvalue weighted by Crippen LogP contribution is 2.41. The van der Waals surface area contributed by atoms with E-state index in [-0.39, 0.29) is 35.0 Å². The van der Waals surface area contributed by atoms with Gasteiger partial charge in [0, 0.05) is 31.2 Å². The van der Waals surface area contributed by atoms with E-state index in [2.05, 4.69) is 9.64 Å². The highest BCUT2D eigenvalue weighted by atomic mass is 19.1. The minimum Gasteiger partial charge on any atom is -0.449 e. The molecule has 1 N–H and O–H groups in total. The lowest BCUT2D eigenvalue weighted by atomic mass is 10.1. The van der Waals surface area contributed by atoms with Crippen LogP contribution >= 0.6 is 0 Å². The number of rotatable bonds is 5. The number of hydrogen-bond donors (Lipinski definition) is 1. The molecule has 1 saturated carbocycles. The first kappa shape index (κ1) is 19.0. The summed E-state index contributed by atoms with van der Waals surface area (Å²) < 4.78 is 21.6. The Kier molecular flexibility index (Phi) is 4.32. The second-order valence-corrected chi connectivity index (χ2v) is 8.48. The fourth-order valence-electron chi connectivity index (χ4n) is 4.90. The molecule has 3 heterocycles. The quantitative estimate of drug-likeness (QED) is 0.750. The van der Waals surface area contributed by atoms with Crippen molar-refractivity contribution in [1.29, 1.82) is 0 Å². The molecule has 1 aliphatic carbocycles. The van der Waals surface area contributed by atoms with E-state index in [0.29, 0.717) is 30.8 Å². The van der Waals surface area contributed by atoms with Gasteiger partial charge in [0.25, 0.3) is 0 Å². The van der Waals surface area contributed by atoms with E-state index in [9.17, 15) is 14.4 Å². The molecule has 0 spiro atoms. The van der Waals surface area contributed by atoms with E-state index in [1.807, 2.05) is 9.47 Å². The maximum absolute atomic E-state index is 15.1. The number of ketones is 1. The Hall–Kier alpha value is -2.94. The molecule has 1 aromatic carbocycles. The maximum atomic E-state index is 15.1. The summed E-state index contributed by atoms with van der Waals surface area (Å²) in [5.74, 6) is -0.701. The first-order valence-electron chi connectivity index (χ1n) is 10.1. The first-order chi connectivity index (χ1) is 14.3. The van der Waals surface area contributed by atoms with Gasteiger partial charge in [0.15, 0.2) is 5.75 Å². The summed E-state index contributed by atoms with van der Waals surface area (Å²) in [7, 11) is 0. The van der Waals surface area contributed by atoms with Gasteiger partial charge in [-0.05, 0) is 38.3 Å². The summed E-state index contributed by atoms with van der Waals surface area (Å²) in [5.41, 5.74) is 0.392. The van der Waals surface area contributed by atoms with E-state index < -0.39 is 17.4 Å². The zero-order valence-electron chi connectivity index (χ0n) is 16.5. The lowest BCUT2D eigenvalue weighted by Crippen LogP contribution is -2.48. The number of halogens is 1. The molecule has 3 fully saturated rings. The normalized spacial score (nSPS) is 23.3. The number of Topliss-reactive ketones (excluding diaryl/α,β-unsaturated/α-hetero) is 1. The lowest BCUT2D eigenvalue weighted by molar-refractivity contribution is -0.118. The largest absolute Gasteiger partial charge is 0.511 e. The number of fused-ring (bicyclic) bond motifs is 3. The molecule has 1 aromatic heterocycles. The van der Waals surface area contributed by atoms with Crippen LogP contribution in [0.15, 0.2) is 23.1 Å². The van der Waals surface area contributed by atoms with Gasteiger partial charge in [0.1, 0.15) is 11.6 Å². The van der Waals surface area contributed by atoms with Crippen molar-refractivity contribution in [3.63, 3.8) is 0 Å². The molecule has 9 heteroatoms. The van der Waals surface area contributed by atoms with Crippen molar-refractivity contribution in [3.05, 3.63) is 34.4 Å². The maximum Gasteiger partial charge on any atom is 0.511 e. The van der Waals surface area contributed by atoms with Gasteiger partial charge in [0.05, 0.1) is 29.3 Å². The van der Waals surface area contributed by atoms with Crippen molar-refractivity contribution in [2.24, 2.45) is 0 Å². The van der Waals surface area contributed by atoms with Gasteiger partial charge < -0.3 is 19.3 Å². The average Bonchev–Trinajstić information content (AvgIpc) is 3.33. The van der Waals surface area contributed by atoms with Crippen LogP contribution in [0.5, 0.6) is 5.75 Å². The second kappa shape index (κ2) is 6.80. The standard InChI is InChI=1S/C21H22FN3O5/c1-11(26)7-23-8-14-4-13(23)9-24(14)18-6-17-15(5-16(18)22)20(27)19(30-21(28)29)10-25(17)12-2-3-12/h5-6,10,12-14H,2-4,7-9H2,1H3,(H,28,29). The number of carbonyl (C=O) groups is 2. The van der Waals surface area contributed by atoms with Gasteiger partial charge in [-0.1, -0.05) is 0 Å². The van der Waals surface area contributed by atoms with Crippen molar-refractivity contribution in [3.8, 4) is 5.75 Å². The highest BCUT2D eigenvalue weighted by Gasteiger charge is 2.44. The van der Waals surface area contributed by atoms with E-state index in [1.54, 1.807) is 13.0 Å². The van der Waals surface area contributed by atoms with Gasteiger partial charge in [-0.2, -0.15) is 0 Å². The fraction of sp³-hybridized carbons (Fsp3) is 0.476. The Morgan fingerprint density at radius 3 is 2.57 bits per heavy atom. The smallest absolute Gasteiger partial charge is 0.449 e. The summed E-state index contributed by atoms with van der Waals surface area (Å²) in [6.45, 7) is 3.34. The third-order valence-corrected chi connectivity index (χ3v) is 6.29. The Balaban J connectivity index is 1.55. The highest BCUT2D eigenvalue weighted by molar-refractivity contribution is 5.85. The number of piperazine rings is 1. The zero-order chi connectivity index (χ0) is 21.2. The van der Waals surface area contributed by atoms with Crippen LogP contribution in [0.4, 0.5) is 14.9 Å². The SMILES string of the molecule is CC(=O)CN1CC2CC1CN2c1cc2c(cc1F)c(=O)c(OC(=O)O)cn2C1CC1. The molecule has 0 amide bonds. The second-order valence-electron chi connectivity index (χ2n) is 8.48. The molecule has 3 aliphatic rings. The van der Waals surface area contributed by atoms with Crippen LogP contribution in [0.1, 0.15) is 32.2 Å². The number of nitrogens with zero attached hydrogens (tertiary/aromatic N) is 3. The summed E-state index contributed by atoms with van der Waals surface area (Å²) >= 11 is 0. The van der Waals surface area contributed by atoms with Crippen LogP contribution in [-0.2, 0) is 4.79 Å². The summed E-state index contributed by atoms with van der Waals surface area (Å²) in [5, 5.41) is 9.03. The molecule has 158 valence electrons. The van der Waals surface area contributed by atoms with E-state index in [1.165, 1.54) is 12.3 Å². The number of likely N-dealkylation sites (tertiary alicyclic amines) is 1. The zero-order valence-corrected chi connectivity index (χ0v) is 16.5. The van der Waals surface area contributed by atoms with Crippen molar-refractivity contribution < 1.29 is 23.8 Å². The van der Waals surface area contributed by atoms with Crippen molar-refractivity contribution in [2.75, 3.05) is 24.5 Å². The number of pyridine rings is 1. The molecule has 2 aromatic rings. The molecule has 8 nitrogen and oxygen atoms in total. The van der Waals surface area contributed by atoms with Gasteiger partial charge in [0.2, 0.25) is 5.43 Å². The molecule has 0 radical (unpaired) electrons. The van der Waals surface area contributed by atoms with Gasteiger partial charge in [-0.3, -0.25) is 14.5 Å². The van der Waals surface area contributed by atoms with Gasteiger partial charge in [-0.25, -0.2) is 9.18 Å². The Morgan fingerprint density at radius 1 is 1.20 bits per heavy atom. The Labute approximate surface area is 171 Å². The van der Waals surface area contributed by atoms with Crippen molar-refractivity contribution in [2.45, 2.75) is 44.3 Å². The average molecular weight is 415 g/mol. The fourth-order valence-corrected chi connectivity index (χ4v) is 4.90. The number of aromatic nitrogens is 1. The molecule has 2 aliphatic heterocycles. The van der Waals surface area contributed by atoms with E-state index in [4.69, 9.17) is 5.11 Å². The summed E-state index contributed by atoms with van der Waals surface area (Å²) in [6, 6.07) is 3.37. The predicted octanol–water partition coefficient (Wildman–Crippen LogP) is 2.38. The third kappa shape index (κ3) is 3.13. The molecule has 30 heavy (non-hydrogen) atoms. The molecule has 5 rings (SSSR count). The van der Waals surface area contributed by atoms with E-state index in [0.717, 1.165) is 19.3 Å². The van der Waals surface area contributed by atoms with Gasteiger partial charge in [-0.15, -0.1) is 0 Å². The van der Waals surface area contributed by atoms with Gasteiger partial charge >= 0.3 is 6.16 Å². The Bertz CT molecular complexity index is 1130. The summed E-state index contributed by atoms with van der Waals surface area (Å²) in [4.78, 5) is 39.3. The van der Waals surface area contributed by atoms with Crippen LogP contribution in [-0.4, -0.2) is 58.2 Å². The number of hydrogen-bond acceptors (Lipinski definition) is 6. The van der Waals surface area contributed by atoms with Crippen LogP contribution in [0.25, 0.3) is 10.9 Å². The van der Waals surface area contributed by atoms with Crippen LogP contribution in [0, 0.1) is 5.82 Å². The monoisotopic (exact) mass is 415 g/mol. The topological polar surface area (TPSA) is 92.1 Å². The Morgan fingerprint density at radius 2 is 1.97 bits per heavy atom. The molecular formula is C21H22FN3O5. The number of benzene rings is 1. The van der Waals surface area contributed by atoms with Crippen LogP contribution in [0.2, 0.25) is 0 Å². The molecule has 2 saturated heterocycles. The van der Waals surface area contributed by atoms with Crippen molar-refractivity contribution >= 4 is 28.5 Å². The lowest BCUT2D eigenvalue weighted by Gasteiger charge is -2.35.